The average Bonchev–Trinajstić information content (AvgIpc) is 3.55. The number of anilines is 1. The molecule has 4 atom stereocenters. The first-order chi connectivity index (χ1) is 17.3. The first-order valence-corrected chi connectivity index (χ1v) is 11.9. The predicted molar refractivity (Wildman–Crippen MR) is 129 cm³/mol. The van der Waals surface area contributed by atoms with Crippen LogP contribution in [0.2, 0.25) is 5.02 Å². The number of hydrogen-bond donors (Lipinski definition) is 4. The molecule has 1 aliphatic rings. The van der Waals surface area contributed by atoms with E-state index in [1.165, 1.54) is 28.8 Å². The molecule has 15 heteroatoms. The number of nitrogens with zero attached hydrogens (tertiary/aromatic N) is 6. The Labute approximate surface area is 213 Å². The maximum atomic E-state index is 11.4. The zero-order chi connectivity index (χ0) is 25.4. The number of rotatable bonds is 8. The summed E-state index contributed by atoms with van der Waals surface area (Å²) in [6.07, 6.45) is -0.958. The molecular formula is C21H21ClN8O5S. The lowest BCUT2D eigenvalue weighted by molar-refractivity contribution is -0.152. The molecule has 1 aliphatic heterocycles. The number of carboxylic acids is 1. The van der Waals surface area contributed by atoms with Crippen molar-refractivity contribution in [1.29, 1.82) is 0 Å². The number of aliphatic hydroxyl groups is 1. The summed E-state index contributed by atoms with van der Waals surface area (Å²) in [5, 5.41) is 27.5. The second-order valence-electron chi connectivity index (χ2n) is 8.08. The average molecular weight is 533 g/mol. The van der Waals surface area contributed by atoms with Gasteiger partial charge < -0.3 is 30.7 Å². The zero-order valence-corrected chi connectivity index (χ0v) is 20.3. The van der Waals surface area contributed by atoms with E-state index >= 15 is 0 Å². The van der Waals surface area contributed by atoms with E-state index in [1.807, 2.05) is 6.92 Å². The first-order valence-electron chi connectivity index (χ1n) is 10.8. The summed E-state index contributed by atoms with van der Waals surface area (Å²) < 4.78 is 16.8. The fraction of sp³-hybridized carbons (Fsp3) is 0.333. The van der Waals surface area contributed by atoms with Crippen molar-refractivity contribution in [3.8, 4) is 5.75 Å². The van der Waals surface area contributed by atoms with Crippen molar-refractivity contribution in [3.63, 3.8) is 0 Å². The van der Waals surface area contributed by atoms with Gasteiger partial charge in [-0.15, -0.1) is 5.10 Å². The van der Waals surface area contributed by atoms with E-state index in [9.17, 15) is 15.0 Å². The number of halogens is 1. The lowest BCUT2D eigenvalue weighted by atomic mass is 10.1. The molecule has 3 aromatic heterocycles. The van der Waals surface area contributed by atoms with Gasteiger partial charge in [0, 0.05) is 17.1 Å². The van der Waals surface area contributed by atoms with Gasteiger partial charge >= 0.3 is 5.97 Å². The number of carboxylic acid groups (broad SMARTS) is 1. The van der Waals surface area contributed by atoms with E-state index in [-0.39, 0.29) is 0 Å². The normalized spacial score (nSPS) is 21.7. The van der Waals surface area contributed by atoms with Crippen LogP contribution in [0.4, 0.5) is 5.82 Å². The van der Waals surface area contributed by atoms with Crippen LogP contribution in [0.3, 0.4) is 0 Å². The van der Waals surface area contributed by atoms with Gasteiger partial charge in [0.25, 0.3) is 0 Å². The van der Waals surface area contributed by atoms with E-state index in [0.29, 0.717) is 40.9 Å². The number of aryl methyl sites for hydroxylation is 1. The molecule has 0 unspecified atom stereocenters. The molecule has 4 heterocycles. The third-order valence-electron chi connectivity index (χ3n) is 5.77. The third-order valence-corrected chi connectivity index (χ3v) is 6.80. The molecule has 36 heavy (non-hydrogen) atoms. The van der Waals surface area contributed by atoms with Crippen molar-refractivity contribution in [1.82, 2.24) is 29.1 Å². The molecule has 5 rings (SSSR count). The van der Waals surface area contributed by atoms with Crippen molar-refractivity contribution in [2.24, 2.45) is 5.73 Å². The lowest BCUT2D eigenvalue weighted by Gasteiger charge is -2.16. The highest BCUT2D eigenvalue weighted by molar-refractivity contribution is 7.05. The number of fused-ring (bicyclic) bond motifs is 1. The molecule has 1 fully saturated rings. The Balaban J connectivity index is 1.36. The van der Waals surface area contributed by atoms with E-state index < -0.39 is 30.4 Å². The van der Waals surface area contributed by atoms with Gasteiger partial charge in [-0.05, 0) is 36.7 Å². The number of hydrogen-bond acceptors (Lipinski definition) is 12. The zero-order valence-electron chi connectivity index (χ0n) is 18.8. The van der Waals surface area contributed by atoms with E-state index in [0.717, 1.165) is 16.1 Å². The minimum Gasteiger partial charge on any atom is -0.488 e. The third kappa shape index (κ3) is 4.56. The van der Waals surface area contributed by atoms with Gasteiger partial charge in [-0.1, -0.05) is 16.1 Å². The van der Waals surface area contributed by atoms with Crippen LogP contribution in [0.1, 0.15) is 22.4 Å². The van der Waals surface area contributed by atoms with Crippen LogP contribution in [0, 0.1) is 6.92 Å². The van der Waals surface area contributed by atoms with E-state index in [4.69, 9.17) is 26.8 Å². The highest BCUT2D eigenvalue weighted by Crippen LogP contribution is 2.32. The van der Waals surface area contributed by atoms with Crippen LogP contribution >= 0.6 is 23.1 Å². The molecule has 188 valence electrons. The SMILES string of the molecule is Cc1nnsc1COc1ccc(Cl)cc1CNc1ncnc2c1ncn2[C@@H]1O[C@H](C(=O)O)[C@@H](N)[C@H]1O. The summed E-state index contributed by atoms with van der Waals surface area (Å²) in [7, 11) is 0. The summed E-state index contributed by atoms with van der Waals surface area (Å²) in [5.41, 5.74) is 8.18. The van der Waals surface area contributed by atoms with Gasteiger partial charge in [0.05, 0.1) is 22.9 Å². The molecule has 0 amide bonds. The highest BCUT2D eigenvalue weighted by Gasteiger charge is 2.46. The van der Waals surface area contributed by atoms with Gasteiger partial charge in [-0.3, -0.25) is 4.57 Å². The second kappa shape index (κ2) is 9.91. The largest absolute Gasteiger partial charge is 0.488 e. The van der Waals surface area contributed by atoms with Crippen molar-refractivity contribution < 1.29 is 24.5 Å². The van der Waals surface area contributed by atoms with Crippen LogP contribution in [0.5, 0.6) is 5.75 Å². The second-order valence-corrected chi connectivity index (χ2v) is 9.35. The molecule has 0 bridgehead atoms. The Bertz CT molecular complexity index is 1410. The molecule has 0 saturated carbocycles. The van der Waals surface area contributed by atoms with Gasteiger partial charge in [-0.2, -0.15) is 0 Å². The monoisotopic (exact) mass is 532 g/mol. The number of nitrogens with one attached hydrogen (secondary N) is 1. The maximum absolute atomic E-state index is 11.4. The number of nitrogens with two attached hydrogens (primary N) is 1. The van der Waals surface area contributed by atoms with Crippen molar-refractivity contribution in [2.75, 3.05) is 5.32 Å². The first kappa shape index (κ1) is 24.3. The minimum atomic E-state index is -1.35. The van der Waals surface area contributed by atoms with Crippen molar-refractivity contribution in [2.45, 2.75) is 44.6 Å². The Morgan fingerprint density at radius 2 is 2.19 bits per heavy atom. The van der Waals surface area contributed by atoms with Crippen molar-refractivity contribution >= 4 is 46.1 Å². The smallest absolute Gasteiger partial charge is 0.334 e. The topological polar surface area (TPSA) is 183 Å². The summed E-state index contributed by atoms with van der Waals surface area (Å²) >= 11 is 7.50. The number of aromatic nitrogens is 6. The number of aliphatic carboxylic acids is 1. The van der Waals surface area contributed by atoms with Crippen LogP contribution in [0.25, 0.3) is 11.2 Å². The number of imidazole rings is 1. The maximum Gasteiger partial charge on any atom is 0.334 e. The number of ether oxygens (including phenoxy) is 2. The Hall–Kier alpha value is -3.43. The van der Waals surface area contributed by atoms with Crippen molar-refractivity contribution in [3.05, 3.63) is 52.0 Å². The Morgan fingerprint density at radius 1 is 1.36 bits per heavy atom. The summed E-state index contributed by atoms with van der Waals surface area (Å²) in [6, 6.07) is 4.21. The van der Waals surface area contributed by atoms with Crippen LogP contribution in [-0.4, -0.2) is 63.5 Å². The predicted octanol–water partition coefficient (Wildman–Crippen LogP) is 1.50. The Kier molecular flexibility index (Phi) is 6.68. The Morgan fingerprint density at radius 3 is 2.92 bits per heavy atom. The summed E-state index contributed by atoms with van der Waals surface area (Å²) in [6.45, 7) is 2.50. The number of aliphatic hydroxyl groups excluding tert-OH is 1. The number of benzene rings is 1. The number of carbonyl (C=O) groups is 1. The summed E-state index contributed by atoms with van der Waals surface area (Å²) in [5.74, 6) is -0.211. The molecule has 0 aliphatic carbocycles. The van der Waals surface area contributed by atoms with Gasteiger partial charge in [-0.25, -0.2) is 19.7 Å². The highest BCUT2D eigenvalue weighted by atomic mass is 35.5. The molecule has 1 aromatic carbocycles. The minimum absolute atomic E-state index is 0.309. The molecule has 0 spiro atoms. The fourth-order valence-corrected chi connectivity index (χ4v) is 4.58. The molecule has 5 N–H and O–H groups in total. The van der Waals surface area contributed by atoms with E-state index in [1.54, 1.807) is 18.2 Å². The molecule has 1 saturated heterocycles. The molecule has 4 aromatic rings. The fourth-order valence-electron chi connectivity index (χ4n) is 3.84. The van der Waals surface area contributed by atoms with Crippen LogP contribution < -0.4 is 15.8 Å². The summed E-state index contributed by atoms with van der Waals surface area (Å²) in [4.78, 5) is 25.2. The van der Waals surface area contributed by atoms with Crippen LogP contribution in [0.15, 0.2) is 30.9 Å². The van der Waals surface area contributed by atoms with Gasteiger partial charge in [0.1, 0.15) is 24.8 Å². The molecular weight excluding hydrogens is 512 g/mol. The van der Waals surface area contributed by atoms with Crippen LogP contribution in [-0.2, 0) is 22.7 Å². The molecule has 13 nitrogen and oxygen atoms in total. The van der Waals surface area contributed by atoms with Gasteiger partial charge in [0.15, 0.2) is 29.3 Å². The van der Waals surface area contributed by atoms with Gasteiger partial charge in [0.2, 0.25) is 0 Å². The van der Waals surface area contributed by atoms with E-state index in [2.05, 4.69) is 29.9 Å². The quantitative estimate of drug-likeness (QED) is 0.257. The molecule has 0 radical (unpaired) electrons. The standard InChI is InChI=1S/C21H21ClN8O5S/c1-9-13(36-29-28-9)6-34-12-3-2-11(22)4-10(12)5-24-18-15-19(26-7-25-18)30(8-27-15)20-16(31)14(23)17(35-20)21(32)33/h2-4,7-8,14,16-17,20,31H,5-6,23H2,1H3,(H,32,33)(H,24,25,26)/t14-,16+,17-,20+/m0/s1. The lowest BCUT2D eigenvalue weighted by Crippen LogP contribution is -2.43.